The average molecular weight is 352 g/mol. The largest absolute Gasteiger partial charge is 0.261 e. The van der Waals surface area contributed by atoms with Gasteiger partial charge >= 0.3 is 0 Å². The van der Waals surface area contributed by atoms with Crippen molar-refractivity contribution in [1.82, 2.24) is 9.71 Å². The maximum absolute atomic E-state index is 12.4. The summed E-state index contributed by atoms with van der Waals surface area (Å²) in [5.74, 6) is -0.162. The fourth-order valence-electron chi connectivity index (χ4n) is 2.72. The minimum atomic E-state index is -3.42. The van der Waals surface area contributed by atoms with Crippen molar-refractivity contribution in [2.24, 2.45) is 0 Å². The summed E-state index contributed by atoms with van der Waals surface area (Å²) in [5.41, 5.74) is 2.64. The van der Waals surface area contributed by atoms with E-state index in [1.165, 1.54) is 0 Å². The van der Waals surface area contributed by atoms with Crippen LogP contribution in [0.15, 0.2) is 85.1 Å². The number of hydrogen-bond acceptors (Lipinski definition) is 3. The molecule has 5 heteroatoms. The summed E-state index contributed by atoms with van der Waals surface area (Å²) < 4.78 is 27.6. The molecule has 0 bridgehead atoms. The molecule has 3 rings (SSSR count). The molecular weight excluding hydrogens is 332 g/mol. The van der Waals surface area contributed by atoms with Crippen molar-refractivity contribution in [2.45, 2.75) is 11.7 Å². The summed E-state index contributed by atoms with van der Waals surface area (Å²) in [5, 5.41) is 0. The topological polar surface area (TPSA) is 59.1 Å². The Balaban J connectivity index is 1.77. The molecule has 1 aromatic heterocycles. The van der Waals surface area contributed by atoms with Crippen LogP contribution < -0.4 is 4.72 Å². The normalized spacial score (nSPS) is 12.6. The molecule has 0 amide bonds. The summed E-state index contributed by atoms with van der Waals surface area (Å²) in [6.45, 7) is 0.274. The molecule has 2 aromatic carbocycles. The van der Waals surface area contributed by atoms with Crippen LogP contribution in [0, 0.1) is 0 Å². The summed E-state index contributed by atoms with van der Waals surface area (Å²) in [6.07, 6.45) is 1.73. The van der Waals surface area contributed by atoms with Crippen LogP contribution in [0.25, 0.3) is 0 Å². The average Bonchev–Trinajstić information content (AvgIpc) is 2.64. The Morgan fingerprint density at radius 3 is 2.12 bits per heavy atom. The molecule has 1 atom stereocenters. The first-order chi connectivity index (χ1) is 12.1. The molecule has 0 radical (unpaired) electrons. The van der Waals surface area contributed by atoms with Gasteiger partial charge in [0.05, 0.1) is 5.75 Å². The van der Waals surface area contributed by atoms with Crippen molar-refractivity contribution < 1.29 is 8.42 Å². The van der Waals surface area contributed by atoms with E-state index in [4.69, 9.17) is 0 Å². The van der Waals surface area contributed by atoms with Gasteiger partial charge in [-0.15, -0.1) is 0 Å². The zero-order valence-electron chi connectivity index (χ0n) is 13.7. The first-order valence-electron chi connectivity index (χ1n) is 8.11. The third kappa shape index (κ3) is 4.98. The monoisotopic (exact) mass is 352 g/mol. The number of hydrogen-bond donors (Lipinski definition) is 1. The number of rotatable bonds is 7. The van der Waals surface area contributed by atoms with Gasteiger partial charge in [0.2, 0.25) is 10.0 Å². The predicted octanol–water partition coefficient (Wildman–Crippen LogP) is 3.33. The summed E-state index contributed by atoms with van der Waals surface area (Å²) in [4.78, 5) is 4.41. The summed E-state index contributed by atoms with van der Waals surface area (Å²) >= 11 is 0. The highest BCUT2D eigenvalue weighted by molar-refractivity contribution is 7.88. The highest BCUT2D eigenvalue weighted by Crippen LogP contribution is 2.22. The first-order valence-corrected chi connectivity index (χ1v) is 9.76. The number of nitrogens with one attached hydrogen (secondary N) is 1. The van der Waals surface area contributed by atoms with Crippen LogP contribution in [0.5, 0.6) is 0 Å². The molecule has 4 nitrogen and oxygen atoms in total. The Bertz CT molecular complexity index is 843. The highest BCUT2D eigenvalue weighted by atomic mass is 32.2. The van der Waals surface area contributed by atoms with Gasteiger partial charge in [0, 0.05) is 24.4 Å². The van der Waals surface area contributed by atoms with Crippen LogP contribution in [0.4, 0.5) is 0 Å². The highest BCUT2D eigenvalue weighted by Gasteiger charge is 2.19. The van der Waals surface area contributed by atoms with Gasteiger partial charge in [-0.05, 0) is 23.3 Å². The Kier molecular flexibility index (Phi) is 5.58. The zero-order chi connectivity index (χ0) is 17.5. The summed E-state index contributed by atoms with van der Waals surface area (Å²) in [7, 11) is -3.42. The lowest BCUT2D eigenvalue weighted by atomic mass is 9.95. The van der Waals surface area contributed by atoms with E-state index in [1.54, 1.807) is 6.20 Å². The zero-order valence-corrected chi connectivity index (χ0v) is 14.6. The number of sulfonamides is 1. The van der Waals surface area contributed by atoms with Crippen molar-refractivity contribution in [3.05, 3.63) is 102 Å². The third-order valence-corrected chi connectivity index (χ3v) is 5.27. The van der Waals surface area contributed by atoms with Crippen molar-refractivity contribution in [3.8, 4) is 0 Å². The van der Waals surface area contributed by atoms with E-state index in [1.807, 2.05) is 78.9 Å². The minimum Gasteiger partial charge on any atom is -0.261 e. The van der Waals surface area contributed by atoms with Gasteiger partial charge in [-0.2, -0.15) is 0 Å². The van der Waals surface area contributed by atoms with E-state index in [9.17, 15) is 8.42 Å². The molecule has 1 unspecified atom stereocenters. The second-order valence-electron chi connectivity index (χ2n) is 5.81. The molecule has 128 valence electrons. The lowest BCUT2D eigenvalue weighted by Gasteiger charge is -2.18. The quantitative estimate of drug-likeness (QED) is 0.709. The smallest absolute Gasteiger partial charge is 0.215 e. The lowest BCUT2D eigenvalue weighted by molar-refractivity contribution is 0.576. The van der Waals surface area contributed by atoms with Gasteiger partial charge in [-0.3, -0.25) is 4.98 Å². The van der Waals surface area contributed by atoms with E-state index in [-0.39, 0.29) is 18.2 Å². The van der Waals surface area contributed by atoms with E-state index < -0.39 is 10.0 Å². The maximum Gasteiger partial charge on any atom is 0.215 e. The van der Waals surface area contributed by atoms with E-state index in [2.05, 4.69) is 9.71 Å². The van der Waals surface area contributed by atoms with Gasteiger partial charge in [0.1, 0.15) is 0 Å². The lowest BCUT2D eigenvalue weighted by Crippen LogP contribution is -2.30. The molecule has 0 aliphatic heterocycles. The van der Waals surface area contributed by atoms with Crippen molar-refractivity contribution >= 4 is 10.0 Å². The maximum atomic E-state index is 12.4. The Hall–Kier alpha value is -2.50. The van der Waals surface area contributed by atoms with Gasteiger partial charge < -0.3 is 0 Å². The molecule has 0 aliphatic rings. The van der Waals surface area contributed by atoms with Crippen LogP contribution in [0.1, 0.15) is 22.7 Å². The van der Waals surface area contributed by atoms with Gasteiger partial charge in [0.15, 0.2) is 0 Å². The van der Waals surface area contributed by atoms with Crippen LogP contribution in [-0.2, 0) is 15.8 Å². The van der Waals surface area contributed by atoms with Crippen molar-refractivity contribution in [2.75, 3.05) is 6.54 Å². The molecular formula is C20H20N2O2S. The van der Waals surface area contributed by atoms with Crippen molar-refractivity contribution in [1.29, 1.82) is 0 Å². The summed E-state index contributed by atoms with van der Waals surface area (Å²) in [6, 6.07) is 24.7. The van der Waals surface area contributed by atoms with Crippen LogP contribution in [0.2, 0.25) is 0 Å². The standard InChI is InChI=1S/C20H20N2O2S/c23-25(24,16-17-9-3-1-4-10-17)22-15-19(18-11-5-2-6-12-18)20-13-7-8-14-21-20/h1-14,19,22H,15-16H2. The third-order valence-electron chi connectivity index (χ3n) is 3.95. The predicted molar refractivity (Wildman–Crippen MR) is 99.6 cm³/mol. The van der Waals surface area contributed by atoms with Gasteiger partial charge in [-0.1, -0.05) is 66.7 Å². The number of pyridine rings is 1. The fourth-order valence-corrected chi connectivity index (χ4v) is 3.87. The Morgan fingerprint density at radius 1 is 0.840 bits per heavy atom. The van der Waals surface area contributed by atoms with E-state index >= 15 is 0 Å². The molecule has 0 saturated carbocycles. The molecule has 0 spiro atoms. The fraction of sp³-hybridized carbons (Fsp3) is 0.150. The van der Waals surface area contributed by atoms with Crippen LogP contribution >= 0.6 is 0 Å². The molecule has 3 aromatic rings. The second-order valence-corrected chi connectivity index (χ2v) is 7.62. The first kappa shape index (κ1) is 17.3. The Labute approximate surface area is 148 Å². The molecule has 0 saturated heterocycles. The molecule has 1 N–H and O–H groups in total. The number of benzene rings is 2. The molecule has 25 heavy (non-hydrogen) atoms. The molecule has 0 aliphatic carbocycles. The number of aromatic nitrogens is 1. The van der Waals surface area contributed by atoms with Gasteiger partial charge in [0.25, 0.3) is 0 Å². The van der Waals surface area contributed by atoms with Crippen LogP contribution in [0.3, 0.4) is 0 Å². The van der Waals surface area contributed by atoms with Crippen LogP contribution in [-0.4, -0.2) is 19.9 Å². The SMILES string of the molecule is O=S(=O)(Cc1ccccc1)NCC(c1ccccc1)c1ccccn1. The van der Waals surface area contributed by atoms with E-state index in [0.29, 0.717) is 0 Å². The van der Waals surface area contributed by atoms with Crippen molar-refractivity contribution in [3.63, 3.8) is 0 Å². The second kappa shape index (κ2) is 8.05. The van der Waals surface area contributed by atoms with Gasteiger partial charge in [-0.25, -0.2) is 13.1 Å². The Morgan fingerprint density at radius 2 is 1.48 bits per heavy atom. The minimum absolute atomic E-state index is 0.0302. The van der Waals surface area contributed by atoms with E-state index in [0.717, 1.165) is 16.8 Å². The number of nitrogens with zero attached hydrogens (tertiary/aromatic N) is 1. The molecule has 1 heterocycles. The molecule has 0 fully saturated rings.